The smallest absolute Gasteiger partial charge is 0.270 e. The molecular formula is C17H25Cl2N3O2S. The number of hydrogen-bond acceptors (Lipinski definition) is 5. The zero-order valence-electron chi connectivity index (χ0n) is 14.0. The maximum absolute atomic E-state index is 12.1. The van der Waals surface area contributed by atoms with E-state index in [1.165, 1.54) is 49.9 Å². The molecule has 0 radical (unpaired) electrons. The zero-order chi connectivity index (χ0) is 15.9. The number of halogens is 2. The largest absolute Gasteiger partial charge is 0.472 e. The van der Waals surface area contributed by atoms with Crippen LogP contribution < -0.4 is 10.6 Å². The van der Waals surface area contributed by atoms with Crippen molar-refractivity contribution >= 4 is 42.1 Å². The summed E-state index contributed by atoms with van der Waals surface area (Å²) in [5.74, 6) is -0.112. The summed E-state index contributed by atoms with van der Waals surface area (Å²) in [5, 5.41) is 9.08. The Hall–Kier alpha value is -1.08. The number of thiazole rings is 1. The molecule has 1 amide bonds. The van der Waals surface area contributed by atoms with E-state index in [0.29, 0.717) is 18.3 Å². The fraction of sp³-hybridized carbons (Fsp3) is 0.529. The Morgan fingerprint density at radius 1 is 1.20 bits per heavy atom. The summed E-state index contributed by atoms with van der Waals surface area (Å²) in [5.41, 5.74) is 1.38. The number of rotatable bonds is 6. The molecule has 25 heavy (non-hydrogen) atoms. The topological polar surface area (TPSA) is 67.2 Å². The average molecular weight is 406 g/mol. The standard InChI is InChI=1S/C17H23N3O2S.2ClH/c21-16(15-12-23-17(20-15)13-7-10-22-11-13)19-9-8-18-14-5-3-1-2-4-6-14;;/h7,10-12,14,18H,1-6,8-9H2,(H,19,21);2*1H. The summed E-state index contributed by atoms with van der Waals surface area (Å²) in [6, 6.07) is 2.46. The fourth-order valence-corrected chi connectivity index (χ4v) is 3.71. The molecule has 3 rings (SSSR count). The van der Waals surface area contributed by atoms with Crippen molar-refractivity contribution in [3.63, 3.8) is 0 Å². The molecule has 0 saturated heterocycles. The van der Waals surface area contributed by atoms with E-state index in [9.17, 15) is 4.79 Å². The number of hydrogen-bond donors (Lipinski definition) is 2. The van der Waals surface area contributed by atoms with Crippen LogP contribution in [0.3, 0.4) is 0 Å². The van der Waals surface area contributed by atoms with Gasteiger partial charge in [0, 0.05) is 30.1 Å². The number of aromatic nitrogens is 1. The Morgan fingerprint density at radius 2 is 1.96 bits per heavy atom. The van der Waals surface area contributed by atoms with Crippen LogP contribution in [0.5, 0.6) is 0 Å². The van der Waals surface area contributed by atoms with Crippen LogP contribution in [0.25, 0.3) is 10.6 Å². The Bertz CT molecular complexity index is 611. The highest BCUT2D eigenvalue weighted by Gasteiger charge is 2.13. The second kappa shape index (κ2) is 11.5. The van der Waals surface area contributed by atoms with Crippen LogP contribution in [-0.4, -0.2) is 30.0 Å². The summed E-state index contributed by atoms with van der Waals surface area (Å²) < 4.78 is 5.04. The summed E-state index contributed by atoms with van der Waals surface area (Å²) in [6.07, 6.45) is 11.1. The maximum Gasteiger partial charge on any atom is 0.270 e. The SMILES string of the molecule is Cl.Cl.O=C(NCCNC1CCCCCC1)c1csc(-c2ccoc2)n1. The van der Waals surface area contributed by atoms with Crippen molar-refractivity contribution in [2.45, 2.75) is 44.6 Å². The molecule has 1 saturated carbocycles. The average Bonchev–Trinajstić information content (AvgIpc) is 3.19. The highest BCUT2D eigenvalue weighted by molar-refractivity contribution is 7.13. The van der Waals surface area contributed by atoms with Crippen molar-refractivity contribution in [1.82, 2.24) is 15.6 Å². The monoisotopic (exact) mass is 405 g/mol. The van der Waals surface area contributed by atoms with Gasteiger partial charge < -0.3 is 15.1 Å². The number of carbonyl (C=O) groups excluding carboxylic acids is 1. The first-order valence-electron chi connectivity index (χ1n) is 8.32. The van der Waals surface area contributed by atoms with Crippen LogP contribution in [0.2, 0.25) is 0 Å². The lowest BCUT2D eigenvalue weighted by Gasteiger charge is -2.16. The molecule has 1 fully saturated rings. The van der Waals surface area contributed by atoms with Gasteiger partial charge in [0.05, 0.1) is 6.26 Å². The van der Waals surface area contributed by atoms with Crippen LogP contribution in [0.4, 0.5) is 0 Å². The van der Waals surface area contributed by atoms with Crippen molar-refractivity contribution in [2.75, 3.05) is 13.1 Å². The minimum atomic E-state index is -0.112. The van der Waals surface area contributed by atoms with Crippen LogP contribution in [0.15, 0.2) is 28.4 Å². The van der Waals surface area contributed by atoms with E-state index < -0.39 is 0 Å². The number of furan rings is 1. The lowest BCUT2D eigenvalue weighted by atomic mass is 10.1. The van der Waals surface area contributed by atoms with E-state index in [1.54, 1.807) is 17.9 Å². The summed E-state index contributed by atoms with van der Waals surface area (Å²) in [7, 11) is 0. The van der Waals surface area contributed by atoms with E-state index in [1.807, 2.05) is 6.07 Å². The zero-order valence-corrected chi connectivity index (χ0v) is 16.5. The Morgan fingerprint density at radius 3 is 2.64 bits per heavy atom. The van der Waals surface area contributed by atoms with Crippen LogP contribution in [0, 0.1) is 0 Å². The molecule has 8 heteroatoms. The third kappa shape index (κ3) is 6.62. The van der Waals surface area contributed by atoms with Crippen LogP contribution in [0.1, 0.15) is 49.0 Å². The summed E-state index contributed by atoms with van der Waals surface area (Å²) in [4.78, 5) is 16.5. The van der Waals surface area contributed by atoms with Gasteiger partial charge in [-0.05, 0) is 18.9 Å². The molecule has 0 aromatic carbocycles. The third-order valence-electron chi connectivity index (χ3n) is 4.20. The molecule has 2 N–H and O–H groups in total. The number of amides is 1. The van der Waals surface area contributed by atoms with Gasteiger partial charge >= 0.3 is 0 Å². The van der Waals surface area contributed by atoms with E-state index in [0.717, 1.165) is 17.1 Å². The van der Waals surface area contributed by atoms with Gasteiger partial charge in [-0.3, -0.25) is 4.79 Å². The molecule has 1 aliphatic rings. The Kier molecular flexibility index (Phi) is 10.1. The minimum Gasteiger partial charge on any atom is -0.472 e. The predicted octanol–water partition coefficient (Wildman–Crippen LogP) is 4.29. The molecule has 0 bridgehead atoms. The summed E-state index contributed by atoms with van der Waals surface area (Å²) >= 11 is 1.45. The van der Waals surface area contributed by atoms with Gasteiger partial charge in [-0.25, -0.2) is 4.98 Å². The highest BCUT2D eigenvalue weighted by atomic mass is 35.5. The normalized spacial score (nSPS) is 14.9. The van der Waals surface area contributed by atoms with Crippen LogP contribution in [-0.2, 0) is 0 Å². The molecule has 140 valence electrons. The molecule has 0 aliphatic heterocycles. The van der Waals surface area contributed by atoms with Crippen LogP contribution >= 0.6 is 36.2 Å². The van der Waals surface area contributed by atoms with E-state index in [-0.39, 0.29) is 30.7 Å². The van der Waals surface area contributed by atoms with E-state index in [2.05, 4.69) is 15.6 Å². The van der Waals surface area contributed by atoms with Crippen molar-refractivity contribution in [2.24, 2.45) is 0 Å². The predicted molar refractivity (Wildman–Crippen MR) is 106 cm³/mol. The van der Waals surface area contributed by atoms with Gasteiger partial charge in [-0.1, -0.05) is 25.7 Å². The molecule has 0 atom stereocenters. The molecule has 0 spiro atoms. The van der Waals surface area contributed by atoms with Gasteiger partial charge in [0.15, 0.2) is 0 Å². The first-order chi connectivity index (χ1) is 11.3. The molecule has 5 nitrogen and oxygen atoms in total. The summed E-state index contributed by atoms with van der Waals surface area (Å²) in [6.45, 7) is 1.45. The second-order valence-corrected chi connectivity index (χ2v) is 6.81. The lowest BCUT2D eigenvalue weighted by molar-refractivity contribution is 0.0949. The van der Waals surface area contributed by atoms with Crippen molar-refractivity contribution in [1.29, 1.82) is 0 Å². The highest BCUT2D eigenvalue weighted by Crippen LogP contribution is 2.23. The second-order valence-electron chi connectivity index (χ2n) is 5.95. The van der Waals surface area contributed by atoms with Gasteiger partial charge in [0.1, 0.15) is 17.0 Å². The van der Waals surface area contributed by atoms with Crippen molar-refractivity contribution in [3.8, 4) is 10.6 Å². The number of nitrogens with zero attached hydrogens (tertiary/aromatic N) is 1. The fourth-order valence-electron chi connectivity index (χ4n) is 2.92. The number of nitrogens with one attached hydrogen (secondary N) is 2. The van der Waals surface area contributed by atoms with Crippen molar-refractivity contribution in [3.05, 3.63) is 29.7 Å². The molecule has 2 aromatic heterocycles. The molecule has 2 heterocycles. The molecule has 2 aromatic rings. The first-order valence-corrected chi connectivity index (χ1v) is 9.20. The van der Waals surface area contributed by atoms with E-state index in [4.69, 9.17) is 4.42 Å². The van der Waals surface area contributed by atoms with Gasteiger partial charge in [0.25, 0.3) is 5.91 Å². The molecule has 0 unspecified atom stereocenters. The minimum absolute atomic E-state index is 0. The molecule has 1 aliphatic carbocycles. The van der Waals surface area contributed by atoms with Crippen molar-refractivity contribution < 1.29 is 9.21 Å². The van der Waals surface area contributed by atoms with Gasteiger partial charge in [0.2, 0.25) is 0 Å². The maximum atomic E-state index is 12.1. The molecular weight excluding hydrogens is 381 g/mol. The first kappa shape index (κ1) is 22.0. The third-order valence-corrected chi connectivity index (χ3v) is 5.10. The quantitative estimate of drug-likeness (QED) is 0.555. The van der Waals surface area contributed by atoms with Gasteiger partial charge in [-0.15, -0.1) is 36.2 Å². The Labute approximate surface area is 164 Å². The van der Waals surface area contributed by atoms with E-state index >= 15 is 0 Å². The number of carbonyl (C=O) groups is 1. The Balaban J connectivity index is 0.00000156. The lowest BCUT2D eigenvalue weighted by Crippen LogP contribution is -2.36. The van der Waals surface area contributed by atoms with Gasteiger partial charge in [-0.2, -0.15) is 0 Å².